The van der Waals surface area contributed by atoms with Crippen molar-refractivity contribution in [3.05, 3.63) is 0 Å². The Kier molecular flexibility index (Phi) is 3.99. The predicted molar refractivity (Wildman–Crippen MR) is 50.3 cm³/mol. The molecular formula is C10H16F3NO. The van der Waals surface area contributed by atoms with Gasteiger partial charge in [-0.15, -0.1) is 0 Å². The molecule has 15 heavy (non-hydrogen) atoms. The molecule has 1 aliphatic rings. The Labute approximate surface area is 87.4 Å². The number of hydrogen-bond acceptors (Lipinski definition) is 1. The van der Waals surface area contributed by atoms with E-state index in [9.17, 15) is 18.0 Å². The number of hydrogen-bond donors (Lipinski definition) is 0. The van der Waals surface area contributed by atoms with Crippen LogP contribution in [0, 0.1) is 5.92 Å². The van der Waals surface area contributed by atoms with Crippen LogP contribution in [0.25, 0.3) is 0 Å². The number of halogens is 3. The molecule has 0 unspecified atom stereocenters. The zero-order valence-electron chi connectivity index (χ0n) is 8.81. The van der Waals surface area contributed by atoms with Gasteiger partial charge in [-0.05, 0) is 12.3 Å². The van der Waals surface area contributed by atoms with Crippen molar-refractivity contribution in [1.82, 2.24) is 4.90 Å². The standard InChI is InChI=1S/C10H16F3NO/c1-14(9(15)10(11,12)13)7-6-8-4-2-3-5-8/h8H,2-7H2,1H3. The molecule has 0 saturated heterocycles. The summed E-state index contributed by atoms with van der Waals surface area (Å²) >= 11 is 0. The first-order valence-electron chi connectivity index (χ1n) is 5.23. The summed E-state index contributed by atoms with van der Waals surface area (Å²) in [6.45, 7) is 0.211. The molecule has 0 heterocycles. The van der Waals surface area contributed by atoms with E-state index in [1.165, 1.54) is 19.9 Å². The van der Waals surface area contributed by atoms with E-state index in [0.717, 1.165) is 17.7 Å². The highest BCUT2D eigenvalue weighted by molar-refractivity contribution is 5.81. The van der Waals surface area contributed by atoms with Crippen LogP contribution in [-0.4, -0.2) is 30.6 Å². The van der Waals surface area contributed by atoms with Crippen LogP contribution in [0.4, 0.5) is 13.2 Å². The fourth-order valence-electron chi connectivity index (χ4n) is 1.99. The molecule has 0 aromatic carbocycles. The summed E-state index contributed by atoms with van der Waals surface area (Å²) < 4.78 is 36.0. The van der Waals surface area contributed by atoms with Crippen molar-refractivity contribution >= 4 is 5.91 Å². The number of alkyl halides is 3. The maximum absolute atomic E-state index is 12.0. The smallest absolute Gasteiger partial charge is 0.338 e. The number of carbonyl (C=O) groups excluding carboxylic acids is 1. The van der Waals surface area contributed by atoms with Crippen LogP contribution in [0.1, 0.15) is 32.1 Å². The lowest BCUT2D eigenvalue weighted by molar-refractivity contribution is -0.184. The van der Waals surface area contributed by atoms with Crippen molar-refractivity contribution < 1.29 is 18.0 Å². The van der Waals surface area contributed by atoms with Gasteiger partial charge in [-0.25, -0.2) is 0 Å². The molecule has 0 bridgehead atoms. The highest BCUT2D eigenvalue weighted by Gasteiger charge is 2.41. The molecule has 1 rings (SSSR count). The minimum atomic E-state index is -4.73. The van der Waals surface area contributed by atoms with Crippen LogP contribution in [0.5, 0.6) is 0 Å². The lowest BCUT2D eigenvalue weighted by atomic mass is 10.0. The van der Waals surface area contributed by atoms with Gasteiger partial charge in [-0.2, -0.15) is 13.2 Å². The maximum Gasteiger partial charge on any atom is 0.471 e. The number of carbonyl (C=O) groups is 1. The van der Waals surface area contributed by atoms with Gasteiger partial charge in [0.15, 0.2) is 0 Å². The Morgan fingerprint density at radius 1 is 1.33 bits per heavy atom. The van der Waals surface area contributed by atoms with Crippen molar-refractivity contribution in [3.8, 4) is 0 Å². The van der Waals surface area contributed by atoms with Crippen molar-refractivity contribution in [3.63, 3.8) is 0 Å². The Morgan fingerprint density at radius 2 is 1.87 bits per heavy atom. The lowest BCUT2D eigenvalue weighted by Gasteiger charge is -2.20. The zero-order valence-corrected chi connectivity index (χ0v) is 8.81. The predicted octanol–water partition coefficient (Wildman–Crippen LogP) is 2.59. The molecule has 0 aliphatic heterocycles. The largest absolute Gasteiger partial charge is 0.471 e. The third-order valence-electron chi connectivity index (χ3n) is 2.94. The second kappa shape index (κ2) is 4.86. The third-order valence-corrected chi connectivity index (χ3v) is 2.94. The Morgan fingerprint density at radius 3 is 2.33 bits per heavy atom. The molecule has 0 aromatic heterocycles. The van der Waals surface area contributed by atoms with Crippen LogP contribution in [0.15, 0.2) is 0 Å². The molecule has 5 heteroatoms. The Hall–Kier alpha value is -0.740. The van der Waals surface area contributed by atoms with Gasteiger partial charge >= 0.3 is 12.1 Å². The van der Waals surface area contributed by atoms with Gasteiger partial charge in [0.05, 0.1) is 0 Å². The normalized spacial score (nSPS) is 18.1. The molecule has 0 N–H and O–H groups in total. The number of rotatable bonds is 3. The van der Waals surface area contributed by atoms with Crippen LogP contribution in [0.2, 0.25) is 0 Å². The van der Waals surface area contributed by atoms with Gasteiger partial charge in [0.1, 0.15) is 0 Å². The van der Waals surface area contributed by atoms with E-state index in [4.69, 9.17) is 0 Å². The first-order chi connectivity index (χ1) is 6.91. The van der Waals surface area contributed by atoms with Crippen LogP contribution in [0.3, 0.4) is 0 Å². The second-order valence-electron chi connectivity index (χ2n) is 4.16. The van der Waals surface area contributed by atoms with Crippen LogP contribution in [-0.2, 0) is 4.79 Å². The van der Waals surface area contributed by atoms with Gasteiger partial charge in [0, 0.05) is 13.6 Å². The fraction of sp³-hybridized carbons (Fsp3) is 0.900. The fourth-order valence-corrected chi connectivity index (χ4v) is 1.99. The van der Waals surface area contributed by atoms with E-state index >= 15 is 0 Å². The SMILES string of the molecule is CN(CCC1CCCC1)C(=O)C(F)(F)F. The van der Waals surface area contributed by atoms with Crippen molar-refractivity contribution in [2.24, 2.45) is 5.92 Å². The highest BCUT2D eigenvalue weighted by Crippen LogP contribution is 2.28. The summed E-state index contributed by atoms with van der Waals surface area (Å²) in [7, 11) is 1.21. The average molecular weight is 223 g/mol. The molecule has 0 atom stereocenters. The third kappa shape index (κ3) is 3.72. The van der Waals surface area contributed by atoms with Crippen LogP contribution < -0.4 is 0 Å². The van der Waals surface area contributed by atoms with Gasteiger partial charge < -0.3 is 4.90 Å². The van der Waals surface area contributed by atoms with E-state index in [-0.39, 0.29) is 6.54 Å². The molecule has 1 saturated carbocycles. The topological polar surface area (TPSA) is 20.3 Å². The average Bonchev–Trinajstić information content (AvgIpc) is 2.63. The molecular weight excluding hydrogens is 207 g/mol. The summed E-state index contributed by atoms with van der Waals surface area (Å²) in [5, 5.41) is 0. The van der Waals surface area contributed by atoms with Crippen molar-refractivity contribution in [1.29, 1.82) is 0 Å². The molecule has 0 radical (unpaired) electrons. The summed E-state index contributed by atoms with van der Waals surface area (Å²) in [4.78, 5) is 11.5. The monoisotopic (exact) mass is 223 g/mol. The van der Waals surface area contributed by atoms with E-state index in [1.54, 1.807) is 0 Å². The van der Waals surface area contributed by atoms with Gasteiger partial charge in [-0.1, -0.05) is 25.7 Å². The molecule has 88 valence electrons. The minimum Gasteiger partial charge on any atom is -0.338 e. The van der Waals surface area contributed by atoms with E-state index in [1.807, 2.05) is 0 Å². The zero-order chi connectivity index (χ0) is 11.5. The second-order valence-corrected chi connectivity index (χ2v) is 4.16. The molecule has 2 nitrogen and oxygen atoms in total. The van der Waals surface area contributed by atoms with E-state index in [0.29, 0.717) is 12.3 Å². The van der Waals surface area contributed by atoms with Crippen molar-refractivity contribution in [2.45, 2.75) is 38.3 Å². The van der Waals surface area contributed by atoms with Crippen molar-refractivity contribution in [2.75, 3.05) is 13.6 Å². The first-order valence-corrected chi connectivity index (χ1v) is 5.23. The van der Waals surface area contributed by atoms with Gasteiger partial charge in [0.25, 0.3) is 0 Å². The van der Waals surface area contributed by atoms with Crippen LogP contribution >= 0.6 is 0 Å². The minimum absolute atomic E-state index is 0.211. The maximum atomic E-state index is 12.0. The first kappa shape index (κ1) is 12.3. The van der Waals surface area contributed by atoms with E-state index < -0.39 is 12.1 Å². The van der Waals surface area contributed by atoms with E-state index in [2.05, 4.69) is 0 Å². The molecule has 1 amide bonds. The summed E-state index contributed by atoms with van der Waals surface area (Å²) in [5.41, 5.74) is 0. The molecule has 1 aliphatic carbocycles. The van der Waals surface area contributed by atoms with Gasteiger partial charge in [0.2, 0.25) is 0 Å². The molecule has 0 spiro atoms. The lowest BCUT2D eigenvalue weighted by Crippen LogP contribution is -2.39. The quantitative estimate of drug-likeness (QED) is 0.720. The van der Waals surface area contributed by atoms with Gasteiger partial charge in [-0.3, -0.25) is 4.79 Å². The number of amides is 1. The molecule has 0 aromatic rings. The summed E-state index contributed by atoms with van der Waals surface area (Å²) in [6, 6.07) is 0. The Balaban J connectivity index is 2.28. The summed E-state index contributed by atoms with van der Waals surface area (Å²) in [6.07, 6.45) is 0.480. The number of nitrogens with zero attached hydrogens (tertiary/aromatic N) is 1. The molecule has 1 fully saturated rings. The Bertz CT molecular complexity index is 221. The summed E-state index contributed by atoms with van der Waals surface area (Å²) in [5.74, 6) is -1.23. The highest BCUT2D eigenvalue weighted by atomic mass is 19.4.